The number of aryl methyl sites for hydroxylation is 2. The van der Waals surface area contributed by atoms with Crippen molar-refractivity contribution in [3.8, 4) is 0 Å². The van der Waals surface area contributed by atoms with Crippen LogP contribution >= 0.6 is 0 Å². The van der Waals surface area contributed by atoms with Crippen LogP contribution < -0.4 is 5.32 Å². The molecule has 2 aromatic rings. The van der Waals surface area contributed by atoms with Crippen LogP contribution in [-0.4, -0.2) is 23.1 Å². The minimum atomic E-state index is -0.0516. The van der Waals surface area contributed by atoms with Crippen LogP contribution in [0.4, 0.5) is 4.79 Å². The lowest BCUT2D eigenvalue weighted by Crippen LogP contribution is -2.38. The molecule has 0 aliphatic heterocycles. The van der Waals surface area contributed by atoms with Crippen molar-refractivity contribution in [3.05, 3.63) is 52.4 Å². The second kappa shape index (κ2) is 6.30. The van der Waals surface area contributed by atoms with Gasteiger partial charge in [-0.25, -0.2) is 4.79 Å². The minimum absolute atomic E-state index is 0.0516. The Hall–Kier alpha value is -2.30. The molecule has 1 aromatic carbocycles. The molecule has 0 saturated heterocycles. The fourth-order valence-electron chi connectivity index (χ4n) is 3.84. The van der Waals surface area contributed by atoms with Crippen molar-refractivity contribution >= 4 is 6.03 Å². The third-order valence-electron chi connectivity index (χ3n) is 5.20. The summed E-state index contributed by atoms with van der Waals surface area (Å²) in [5, 5.41) is 7.35. The molecule has 0 saturated carbocycles. The van der Waals surface area contributed by atoms with Gasteiger partial charge in [0.15, 0.2) is 0 Å². The maximum Gasteiger partial charge on any atom is 0.317 e. The Kier molecular flexibility index (Phi) is 4.00. The van der Waals surface area contributed by atoms with Crippen molar-refractivity contribution in [2.45, 2.75) is 51.1 Å². The molecule has 2 aliphatic carbocycles. The molecule has 2 aliphatic rings. The van der Waals surface area contributed by atoms with E-state index in [0.29, 0.717) is 6.54 Å². The molecule has 1 atom stereocenters. The maximum absolute atomic E-state index is 12.6. The molecule has 1 heterocycles. The van der Waals surface area contributed by atoms with Crippen molar-refractivity contribution in [2.75, 3.05) is 7.05 Å². The van der Waals surface area contributed by atoms with Crippen LogP contribution in [0.2, 0.25) is 0 Å². The highest BCUT2D eigenvalue weighted by atomic mass is 16.5. The topological polar surface area (TPSA) is 58.4 Å². The smallest absolute Gasteiger partial charge is 0.317 e. The molecule has 2 amide bonds. The molecule has 0 spiro atoms. The van der Waals surface area contributed by atoms with E-state index in [1.54, 1.807) is 4.90 Å². The molecule has 0 radical (unpaired) electrons. The number of nitrogens with zero attached hydrogens (tertiary/aromatic N) is 2. The number of benzene rings is 1. The number of hydrogen-bond acceptors (Lipinski definition) is 3. The van der Waals surface area contributed by atoms with Gasteiger partial charge in [0.1, 0.15) is 11.5 Å². The van der Waals surface area contributed by atoms with Crippen molar-refractivity contribution < 1.29 is 9.32 Å². The van der Waals surface area contributed by atoms with Crippen LogP contribution in [0.1, 0.15) is 53.4 Å². The molecule has 1 N–H and O–H groups in total. The standard InChI is InChI=1S/C19H23N3O2/c1-22(12-17-15-8-4-5-9-18(15)24-21-17)19(23)20-16-11-10-13-6-2-3-7-14(13)16/h2-3,6-7,16H,4-5,8-12H2,1H3,(H,20,23). The number of hydrogen-bond donors (Lipinski definition) is 1. The molecule has 4 rings (SSSR count). The zero-order valence-electron chi connectivity index (χ0n) is 14.0. The first-order chi connectivity index (χ1) is 11.7. The Morgan fingerprint density at radius 3 is 3.04 bits per heavy atom. The summed E-state index contributed by atoms with van der Waals surface area (Å²) in [5.41, 5.74) is 4.72. The first kappa shape index (κ1) is 15.2. The third kappa shape index (κ3) is 2.79. The van der Waals surface area contributed by atoms with E-state index in [2.05, 4.69) is 28.7 Å². The van der Waals surface area contributed by atoms with Crippen LogP contribution in [0.25, 0.3) is 0 Å². The van der Waals surface area contributed by atoms with E-state index in [4.69, 9.17) is 4.52 Å². The first-order valence-electron chi connectivity index (χ1n) is 8.78. The van der Waals surface area contributed by atoms with Crippen LogP contribution in [0.3, 0.4) is 0 Å². The zero-order valence-corrected chi connectivity index (χ0v) is 14.0. The average molecular weight is 325 g/mol. The summed E-state index contributed by atoms with van der Waals surface area (Å²) < 4.78 is 5.44. The Morgan fingerprint density at radius 1 is 1.29 bits per heavy atom. The summed E-state index contributed by atoms with van der Waals surface area (Å²) in [4.78, 5) is 14.3. The normalized spacial score (nSPS) is 18.8. The molecule has 0 fully saturated rings. The number of aromatic nitrogens is 1. The summed E-state index contributed by atoms with van der Waals surface area (Å²) in [6.45, 7) is 0.499. The molecule has 24 heavy (non-hydrogen) atoms. The highest BCUT2D eigenvalue weighted by molar-refractivity contribution is 5.74. The SMILES string of the molecule is CN(Cc1noc2c1CCCC2)C(=O)NC1CCc2ccccc21. The number of amides is 2. The molecular weight excluding hydrogens is 302 g/mol. The van der Waals surface area contributed by atoms with E-state index in [0.717, 1.165) is 37.1 Å². The second-order valence-corrected chi connectivity index (χ2v) is 6.83. The van der Waals surface area contributed by atoms with E-state index in [9.17, 15) is 4.79 Å². The van der Waals surface area contributed by atoms with E-state index >= 15 is 0 Å². The summed E-state index contributed by atoms with van der Waals surface area (Å²) in [6.07, 6.45) is 6.33. The van der Waals surface area contributed by atoms with Gasteiger partial charge >= 0.3 is 6.03 Å². The predicted octanol–water partition coefficient (Wildman–Crippen LogP) is 3.38. The lowest BCUT2D eigenvalue weighted by atomic mass is 9.96. The lowest BCUT2D eigenvalue weighted by molar-refractivity contribution is 0.201. The van der Waals surface area contributed by atoms with Gasteiger partial charge in [0.25, 0.3) is 0 Å². The molecular formula is C19H23N3O2. The lowest BCUT2D eigenvalue weighted by Gasteiger charge is -2.21. The monoisotopic (exact) mass is 325 g/mol. The largest absolute Gasteiger partial charge is 0.361 e. The Morgan fingerprint density at radius 2 is 2.12 bits per heavy atom. The number of carbonyl (C=O) groups is 1. The van der Waals surface area contributed by atoms with E-state index < -0.39 is 0 Å². The van der Waals surface area contributed by atoms with Gasteiger partial charge in [-0.2, -0.15) is 0 Å². The van der Waals surface area contributed by atoms with Gasteiger partial charge in [-0.1, -0.05) is 29.4 Å². The minimum Gasteiger partial charge on any atom is -0.361 e. The fraction of sp³-hybridized carbons (Fsp3) is 0.474. The Bertz CT molecular complexity index is 753. The van der Waals surface area contributed by atoms with Crippen molar-refractivity contribution in [2.24, 2.45) is 0 Å². The van der Waals surface area contributed by atoms with E-state index in [-0.39, 0.29) is 12.1 Å². The summed E-state index contributed by atoms with van der Waals surface area (Å²) >= 11 is 0. The average Bonchev–Trinajstić information content (AvgIpc) is 3.20. The molecule has 1 aromatic heterocycles. The number of urea groups is 1. The van der Waals surface area contributed by atoms with Gasteiger partial charge in [-0.05, 0) is 43.2 Å². The van der Waals surface area contributed by atoms with Crippen LogP contribution in [0, 0.1) is 0 Å². The van der Waals surface area contributed by atoms with Gasteiger partial charge in [-0.3, -0.25) is 0 Å². The highest BCUT2D eigenvalue weighted by Gasteiger charge is 2.26. The quantitative estimate of drug-likeness (QED) is 0.941. The van der Waals surface area contributed by atoms with Gasteiger partial charge < -0.3 is 14.7 Å². The third-order valence-corrected chi connectivity index (χ3v) is 5.20. The molecule has 126 valence electrons. The molecule has 5 heteroatoms. The number of carbonyl (C=O) groups excluding carboxylic acids is 1. The van der Waals surface area contributed by atoms with Crippen LogP contribution in [0.15, 0.2) is 28.8 Å². The molecule has 0 bridgehead atoms. The van der Waals surface area contributed by atoms with Crippen molar-refractivity contribution in [3.63, 3.8) is 0 Å². The Labute approximate surface area is 142 Å². The second-order valence-electron chi connectivity index (χ2n) is 6.83. The van der Waals surface area contributed by atoms with Gasteiger partial charge in [0.05, 0.1) is 12.6 Å². The first-order valence-corrected chi connectivity index (χ1v) is 8.78. The molecule has 1 unspecified atom stereocenters. The van der Waals surface area contributed by atoms with Crippen LogP contribution in [0.5, 0.6) is 0 Å². The number of rotatable bonds is 3. The predicted molar refractivity (Wildman–Crippen MR) is 90.6 cm³/mol. The Balaban J connectivity index is 1.41. The van der Waals surface area contributed by atoms with Gasteiger partial charge in [0, 0.05) is 19.0 Å². The van der Waals surface area contributed by atoms with Crippen molar-refractivity contribution in [1.29, 1.82) is 0 Å². The summed E-state index contributed by atoms with van der Waals surface area (Å²) in [6, 6.07) is 8.41. The van der Waals surface area contributed by atoms with E-state index in [1.165, 1.54) is 29.5 Å². The number of nitrogens with one attached hydrogen (secondary N) is 1. The maximum atomic E-state index is 12.6. The zero-order chi connectivity index (χ0) is 16.5. The van der Waals surface area contributed by atoms with Crippen LogP contribution in [-0.2, 0) is 25.8 Å². The fourth-order valence-corrected chi connectivity index (χ4v) is 3.84. The van der Waals surface area contributed by atoms with Gasteiger partial charge in [-0.15, -0.1) is 0 Å². The summed E-state index contributed by atoms with van der Waals surface area (Å²) in [7, 11) is 1.82. The van der Waals surface area contributed by atoms with E-state index in [1.807, 2.05) is 13.1 Å². The van der Waals surface area contributed by atoms with Crippen molar-refractivity contribution in [1.82, 2.24) is 15.4 Å². The molecule has 5 nitrogen and oxygen atoms in total. The van der Waals surface area contributed by atoms with Gasteiger partial charge in [0.2, 0.25) is 0 Å². The highest BCUT2D eigenvalue weighted by Crippen LogP contribution is 2.31. The summed E-state index contributed by atoms with van der Waals surface area (Å²) in [5.74, 6) is 1.01. The number of fused-ring (bicyclic) bond motifs is 2.